The molecule has 4 rings (SSSR count). The first-order valence-corrected chi connectivity index (χ1v) is 9.23. The maximum absolute atomic E-state index is 12.8. The summed E-state index contributed by atoms with van der Waals surface area (Å²) in [4.78, 5) is 22.5. The molecule has 2 aromatic carbocycles. The predicted octanol–water partition coefficient (Wildman–Crippen LogP) is 3.43. The highest BCUT2D eigenvalue weighted by Gasteiger charge is 2.29. The molecule has 0 N–H and O–H groups in total. The molecule has 1 aromatic heterocycles. The van der Waals surface area contributed by atoms with Crippen LogP contribution in [0.1, 0.15) is 22.5 Å². The lowest BCUT2D eigenvalue weighted by Crippen LogP contribution is -2.31. The van der Waals surface area contributed by atoms with Gasteiger partial charge in [0.15, 0.2) is 0 Å². The van der Waals surface area contributed by atoms with E-state index in [9.17, 15) is 4.79 Å². The van der Waals surface area contributed by atoms with E-state index in [1.165, 1.54) is 12.4 Å². The molecule has 7 nitrogen and oxygen atoms in total. The molecule has 7 heteroatoms. The van der Waals surface area contributed by atoms with Crippen molar-refractivity contribution in [2.75, 3.05) is 13.1 Å². The lowest BCUT2D eigenvalue weighted by Gasteiger charge is -2.17. The normalized spacial score (nSPS) is 15.6. The first-order valence-electron chi connectivity index (χ1n) is 9.23. The molecule has 0 spiro atoms. The van der Waals surface area contributed by atoms with Crippen LogP contribution in [-0.2, 0) is 0 Å². The highest BCUT2D eigenvalue weighted by atomic mass is 16.5. The van der Waals surface area contributed by atoms with Crippen molar-refractivity contribution in [3.63, 3.8) is 0 Å². The van der Waals surface area contributed by atoms with Gasteiger partial charge < -0.3 is 14.4 Å². The molecule has 1 aliphatic heterocycles. The van der Waals surface area contributed by atoms with Crippen LogP contribution in [-0.4, -0.2) is 40.0 Å². The van der Waals surface area contributed by atoms with Gasteiger partial charge in [-0.3, -0.25) is 4.79 Å². The zero-order chi connectivity index (χ0) is 20.1. The fraction of sp³-hybridized carbons (Fsp3) is 0.182. The molecule has 2 heterocycles. The average Bonchev–Trinajstić information content (AvgIpc) is 3.23. The summed E-state index contributed by atoms with van der Waals surface area (Å²) >= 11 is 0. The van der Waals surface area contributed by atoms with Gasteiger partial charge >= 0.3 is 0 Å². The standard InChI is InChI=1S/C22H18N4O3/c23-14-20-21(25-12-11-24-20)29-19-10-13-26(15-19)22(27)16-6-8-18(9-7-16)28-17-4-2-1-3-5-17/h1-9,11-12,19H,10,13,15H2. The van der Waals surface area contributed by atoms with E-state index in [1.807, 2.05) is 36.4 Å². The minimum Gasteiger partial charge on any atom is -0.470 e. The Morgan fingerprint density at radius 1 is 1.03 bits per heavy atom. The summed E-state index contributed by atoms with van der Waals surface area (Å²) in [6, 6.07) is 18.5. The van der Waals surface area contributed by atoms with E-state index in [0.29, 0.717) is 30.8 Å². The molecule has 1 unspecified atom stereocenters. The van der Waals surface area contributed by atoms with Crippen molar-refractivity contribution in [2.45, 2.75) is 12.5 Å². The molecule has 1 atom stereocenters. The van der Waals surface area contributed by atoms with Crippen LogP contribution >= 0.6 is 0 Å². The maximum Gasteiger partial charge on any atom is 0.253 e. The number of ether oxygens (including phenoxy) is 2. The molecule has 3 aromatic rings. The number of para-hydroxylation sites is 1. The molecular weight excluding hydrogens is 368 g/mol. The lowest BCUT2D eigenvalue weighted by molar-refractivity contribution is 0.0771. The summed E-state index contributed by atoms with van der Waals surface area (Å²) in [5.41, 5.74) is 0.731. The number of amides is 1. The maximum atomic E-state index is 12.8. The third kappa shape index (κ3) is 4.33. The van der Waals surface area contributed by atoms with E-state index in [0.717, 1.165) is 5.75 Å². The van der Waals surface area contributed by atoms with Gasteiger partial charge in [0.1, 0.15) is 23.7 Å². The van der Waals surface area contributed by atoms with E-state index in [1.54, 1.807) is 29.2 Å². The SMILES string of the molecule is N#Cc1nccnc1OC1CCN(C(=O)c2ccc(Oc3ccccc3)cc2)C1. The first kappa shape index (κ1) is 18.4. The number of aromatic nitrogens is 2. The van der Waals surface area contributed by atoms with E-state index in [4.69, 9.17) is 14.7 Å². The fourth-order valence-electron chi connectivity index (χ4n) is 3.13. The molecule has 1 amide bonds. The number of carbonyl (C=O) groups is 1. The smallest absolute Gasteiger partial charge is 0.253 e. The fourth-order valence-corrected chi connectivity index (χ4v) is 3.13. The Balaban J connectivity index is 1.37. The molecule has 1 aliphatic rings. The molecule has 0 radical (unpaired) electrons. The van der Waals surface area contributed by atoms with E-state index in [-0.39, 0.29) is 23.6 Å². The third-order valence-corrected chi connectivity index (χ3v) is 4.56. The summed E-state index contributed by atoms with van der Waals surface area (Å²) in [6.07, 6.45) is 3.37. The zero-order valence-corrected chi connectivity index (χ0v) is 15.6. The van der Waals surface area contributed by atoms with Crippen LogP contribution in [0.4, 0.5) is 0 Å². The summed E-state index contributed by atoms with van der Waals surface area (Å²) in [5, 5.41) is 9.09. The largest absolute Gasteiger partial charge is 0.470 e. The molecular formula is C22H18N4O3. The van der Waals surface area contributed by atoms with Gasteiger partial charge in [0.25, 0.3) is 11.8 Å². The van der Waals surface area contributed by atoms with Crippen molar-refractivity contribution in [3.05, 3.63) is 78.2 Å². The Kier molecular flexibility index (Phi) is 5.34. The van der Waals surface area contributed by atoms with Gasteiger partial charge in [-0.1, -0.05) is 18.2 Å². The Morgan fingerprint density at radius 2 is 1.76 bits per heavy atom. The van der Waals surface area contributed by atoms with Crippen molar-refractivity contribution >= 4 is 5.91 Å². The summed E-state index contributed by atoms with van der Waals surface area (Å²) in [5.74, 6) is 1.55. The van der Waals surface area contributed by atoms with Crippen molar-refractivity contribution in [1.82, 2.24) is 14.9 Å². The number of benzene rings is 2. The van der Waals surface area contributed by atoms with Crippen LogP contribution in [0.25, 0.3) is 0 Å². The Hall–Kier alpha value is -3.92. The van der Waals surface area contributed by atoms with Gasteiger partial charge in [-0.2, -0.15) is 5.26 Å². The van der Waals surface area contributed by atoms with Gasteiger partial charge in [0, 0.05) is 30.9 Å². The Bertz CT molecular complexity index is 1030. The molecule has 144 valence electrons. The van der Waals surface area contributed by atoms with Gasteiger partial charge in [0.05, 0.1) is 6.54 Å². The number of hydrogen-bond donors (Lipinski definition) is 0. The van der Waals surface area contributed by atoms with Crippen LogP contribution in [0.5, 0.6) is 17.4 Å². The van der Waals surface area contributed by atoms with Gasteiger partial charge in [0.2, 0.25) is 5.69 Å². The van der Waals surface area contributed by atoms with Crippen LogP contribution < -0.4 is 9.47 Å². The van der Waals surface area contributed by atoms with Crippen LogP contribution in [0, 0.1) is 11.3 Å². The quantitative estimate of drug-likeness (QED) is 0.667. The number of rotatable bonds is 5. The second-order valence-electron chi connectivity index (χ2n) is 6.54. The average molecular weight is 386 g/mol. The molecule has 1 fully saturated rings. The monoisotopic (exact) mass is 386 g/mol. The topological polar surface area (TPSA) is 88.3 Å². The third-order valence-electron chi connectivity index (χ3n) is 4.56. The van der Waals surface area contributed by atoms with Gasteiger partial charge in [-0.25, -0.2) is 9.97 Å². The molecule has 0 aliphatic carbocycles. The second-order valence-corrected chi connectivity index (χ2v) is 6.54. The number of nitrogens with zero attached hydrogens (tertiary/aromatic N) is 4. The number of hydrogen-bond acceptors (Lipinski definition) is 6. The minimum absolute atomic E-state index is 0.0676. The van der Waals surface area contributed by atoms with Crippen molar-refractivity contribution < 1.29 is 14.3 Å². The van der Waals surface area contributed by atoms with E-state index >= 15 is 0 Å². The highest BCUT2D eigenvalue weighted by molar-refractivity contribution is 5.94. The van der Waals surface area contributed by atoms with E-state index < -0.39 is 0 Å². The number of nitriles is 1. The van der Waals surface area contributed by atoms with Crippen LogP contribution in [0.3, 0.4) is 0 Å². The second kappa shape index (κ2) is 8.40. The summed E-state index contributed by atoms with van der Waals surface area (Å²) in [6.45, 7) is 1.01. The van der Waals surface area contributed by atoms with Crippen molar-refractivity contribution in [2.24, 2.45) is 0 Å². The highest BCUT2D eigenvalue weighted by Crippen LogP contribution is 2.23. The molecule has 0 bridgehead atoms. The Morgan fingerprint density at radius 3 is 2.52 bits per heavy atom. The predicted molar refractivity (Wildman–Crippen MR) is 105 cm³/mol. The van der Waals surface area contributed by atoms with Crippen LogP contribution in [0.15, 0.2) is 67.0 Å². The Labute approximate surface area is 168 Å². The van der Waals surface area contributed by atoms with Crippen molar-refractivity contribution in [1.29, 1.82) is 5.26 Å². The summed E-state index contributed by atoms with van der Waals surface area (Å²) < 4.78 is 11.5. The van der Waals surface area contributed by atoms with Gasteiger partial charge in [-0.15, -0.1) is 0 Å². The van der Waals surface area contributed by atoms with E-state index in [2.05, 4.69) is 9.97 Å². The summed E-state index contributed by atoms with van der Waals surface area (Å²) in [7, 11) is 0. The molecule has 0 saturated carbocycles. The molecule has 29 heavy (non-hydrogen) atoms. The lowest BCUT2D eigenvalue weighted by atomic mass is 10.2. The molecule has 1 saturated heterocycles. The van der Waals surface area contributed by atoms with Crippen molar-refractivity contribution in [3.8, 4) is 23.4 Å². The minimum atomic E-state index is -0.219. The van der Waals surface area contributed by atoms with Gasteiger partial charge in [-0.05, 0) is 36.4 Å². The number of likely N-dealkylation sites (tertiary alicyclic amines) is 1. The number of carbonyl (C=O) groups excluding carboxylic acids is 1. The van der Waals surface area contributed by atoms with Crippen LogP contribution in [0.2, 0.25) is 0 Å². The first-order chi connectivity index (χ1) is 14.2. The zero-order valence-electron chi connectivity index (χ0n) is 15.6.